The SMILES string of the molecule is CC(=O)N1CCN(C(=O)/C=C/c2cc[c]c(Cl)c2-c2ccc3c(ccn3CC(=O)O)c2)CC1. The summed E-state index contributed by atoms with van der Waals surface area (Å²) in [5, 5.41) is 10.4. The smallest absolute Gasteiger partial charge is 0.323 e. The molecule has 0 saturated carbocycles. The molecule has 3 aromatic rings. The van der Waals surface area contributed by atoms with E-state index in [2.05, 4.69) is 6.07 Å². The van der Waals surface area contributed by atoms with Crippen LogP contribution in [-0.2, 0) is 20.9 Å². The zero-order valence-electron chi connectivity index (χ0n) is 18.1. The van der Waals surface area contributed by atoms with Crippen molar-refractivity contribution in [1.82, 2.24) is 14.4 Å². The van der Waals surface area contributed by atoms with Gasteiger partial charge in [0.05, 0.1) is 5.02 Å². The monoisotopic (exact) mass is 464 g/mol. The number of fused-ring (bicyclic) bond motifs is 1. The molecule has 169 valence electrons. The average molecular weight is 465 g/mol. The van der Waals surface area contributed by atoms with E-state index in [-0.39, 0.29) is 18.4 Å². The fourth-order valence-corrected chi connectivity index (χ4v) is 4.35. The number of nitrogens with zero attached hydrogens (tertiary/aromatic N) is 3. The van der Waals surface area contributed by atoms with Crippen LogP contribution in [0, 0.1) is 6.07 Å². The van der Waals surface area contributed by atoms with E-state index in [1.165, 1.54) is 13.0 Å². The van der Waals surface area contributed by atoms with Crippen LogP contribution in [0.3, 0.4) is 0 Å². The Hall–Kier alpha value is -3.58. The topological polar surface area (TPSA) is 82.9 Å². The third-order valence-electron chi connectivity index (χ3n) is 5.79. The normalized spacial score (nSPS) is 14.2. The number of hydrogen-bond donors (Lipinski definition) is 1. The van der Waals surface area contributed by atoms with Crippen LogP contribution in [0.15, 0.2) is 48.7 Å². The maximum Gasteiger partial charge on any atom is 0.323 e. The predicted octanol–water partition coefficient (Wildman–Crippen LogP) is 3.55. The fraction of sp³-hybridized carbons (Fsp3) is 0.240. The molecular formula is C25H23ClN3O4. The maximum absolute atomic E-state index is 12.7. The highest BCUT2D eigenvalue weighted by Gasteiger charge is 2.21. The van der Waals surface area contributed by atoms with E-state index < -0.39 is 5.97 Å². The van der Waals surface area contributed by atoms with E-state index in [0.717, 1.165) is 27.6 Å². The maximum atomic E-state index is 12.7. The molecule has 8 heteroatoms. The molecule has 2 aromatic carbocycles. The van der Waals surface area contributed by atoms with Crippen LogP contribution in [0.1, 0.15) is 12.5 Å². The van der Waals surface area contributed by atoms with Crippen molar-refractivity contribution in [3.63, 3.8) is 0 Å². The summed E-state index contributed by atoms with van der Waals surface area (Å²) >= 11 is 6.49. The Bertz CT molecular complexity index is 1260. The molecule has 7 nitrogen and oxygen atoms in total. The molecule has 0 bridgehead atoms. The van der Waals surface area contributed by atoms with E-state index in [1.807, 2.05) is 30.3 Å². The number of hydrogen-bond acceptors (Lipinski definition) is 3. The van der Waals surface area contributed by atoms with Crippen molar-refractivity contribution >= 4 is 46.4 Å². The van der Waals surface area contributed by atoms with Gasteiger partial charge < -0.3 is 19.5 Å². The molecule has 1 aromatic heterocycles. The minimum absolute atomic E-state index is 0.0210. The summed E-state index contributed by atoms with van der Waals surface area (Å²) in [6, 6.07) is 14.1. The summed E-state index contributed by atoms with van der Waals surface area (Å²) < 4.78 is 1.67. The molecular weight excluding hydrogens is 442 g/mol. The number of carbonyl (C=O) groups excluding carboxylic acids is 2. The van der Waals surface area contributed by atoms with E-state index in [4.69, 9.17) is 16.7 Å². The van der Waals surface area contributed by atoms with Crippen LogP contribution in [0.4, 0.5) is 0 Å². The van der Waals surface area contributed by atoms with E-state index in [1.54, 1.807) is 32.7 Å². The van der Waals surface area contributed by atoms with Crippen LogP contribution in [0.25, 0.3) is 28.1 Å². The van der Waals surface area contributed by atoms with Gasteiger partial charge in [0, 0.05) is 67.9 Å². The summed E-state index contributed by atoms with van der Waals surface area (Å²) in [5.41, 5.74) is 3.19. The van der Waals surface area contributed by atoms with Gasteiger partial charge in [-0.05, 0) is 35.4 Å². The zero-order chi connectivity index (χ0) is 23.5. The van der Waals surface area contributed by atoms with Gasteiger partial charge >= 0.3 is 5.97 Å². The number of carboxylic acids is 1. The number of carboxylic acid groups (broad SMARTS) is 1. The van der Waals surface area contributed by atoms with Gasteiger partial charge in [-0.25, -0.2) is 0 Å². The van der Waals surface area contributed by atoms with Gasteiger partial charge in [0.25, 0.3) is 0 Å². The van der Waals surface area contributed by atoms with Crippen LogP contribution in [0.5, 0.6) is 0 Å². The molecule has 0 atom stereocenters. The summed E-state index contributed by atoms with van der Waals surface area (Å²) in [6.07, 6.45) is 5.02. The molecule has 1 saturated heterocycles. The van der Waals surface area contributed by atoms with Crippen LogP contribution < -0.4 is 0 Å². The number of rotatable bonds is 5. The number of aliphatic carboxylic acids is 1. The van der Waals surface area contributed by atoms with Gasteiger partial charge in [0.1, 0.15) is 6.54 Å². The Balaban J connectivity index is 1.58. The molecule has 2 heterocycles. The van der Waals surface area contributed by atoms with E-state index in [0.29, 0.717) is 31.2 Å². The van der Waals surface area contributed by atoms with Crippen LogP contribution >= 0.6 is 11.6 Å². The summed E-state index contributed by atoms with van der Waals surface area (Å²) in [7, 11) is 0. The second kappa shape index (κ2) is 9.50. The second-order valence-electron chi connectivity index (χ2n) is 7.90. The number of amides is 2. The van der Waals surface area contributed by atoms with E-state index in [9.17, 15) is 14.4 Å². The Morgan fingerprint density at radius 2 is 1.82 bits per heavy atom. The highest BCUT2D eigenvalue weighted by Crippen LogP contribution is 2.34. The molecule has 0 unspecified atom stereocenters. The van der Waals surface area contributed by atoms with Crippen LogP contribution in [0.2, 0.25) is 5.02 Å². The molecule has 33 heavy (non-hydrogen) atoms. The van der Waals surface area contributed by atoms with Crippen molar-refractivity contribution in [3.8, 4) is 11.1 Å². The minimum Gasteiger partial charge on any atom is -0.480 e. The number of benzene rings is 2. The quantitative estimate of drug-likeness (QED) is 0.585. The van der Waals surface area contributed by atoms with Gasteiger partial charge in [-0.15, -0.1) is 0 Å². The minimum atomic E-state index is -0.905. The zero-order valence-corrected chi connectivity index (χ0v) is 18.9. The number of aromatic nitrogens is 1. The first-order valence-corrected chi connectivity index (χ1v) is 10.9. The largest absolute Gasteiger partial charge is 0.480 e. The summed E-state index contributed by atoms with van der Waals surface area (Å²) in [4.78, 5) is 38.7. The molecule has 1 aliphatic heterocycles. The first-order valence-electron chi connectivity index (χ1n) is 10.6. The Labute approximate surface area is 196 Å². The standard InChI is InChI=1S/C25H23ClN3O4/c1-17(30)27-11-13-28(14-12-27)23(31)8-6-18-3-2-4-21(26)25(18)20-5-7-22-19(15-20)9-10-29(22)16-24(32)33/h2-3,5-10,15H,11-14,16H2,1H3,(H,32,33)/b8-6+. The van der Waals surface area contributed by atoms with Gasteiger partial charge in [0.15, 0.2) is 0 Å². The Morgan fingerprint density at radius 1 is 1.09 bits per heavy atom. The lowest BCUT2D eigenvalue weighted by Gasteiger charge is -2.33. The van der Waals surface area contributed by atoms with Crippen molar-refractivity contribution in [1.29, 1.82) is 0 Å². The van der Waals surface area contributed by atoms with Crippen molar-refractivity contribution in [2.75, 3.05) is 26.2 Å². The third kappa shape index (κ3) is 4.93. The summed E-state index contributed by atoms with van der Waals surface area (Å²) in [5.74, 6) is -1.00. The number of carbonyl (C=O) groups is 3. The molecule has 0 spiro atoms. The first kappa shape index (κ1) is 22.6. The highest BCUT2D eigenvalue weighted by molar-refractivity contribution is 6.33. The van der Waals surface area contributed by atoms with Crippen LogP contribution in [-0.4, -0.2) is 63.4 Å². The van der Waals surface area contributed by atoms with Crippen molar-refractivity contribution in [2.45, 2.75) is 13.5 Å². The number of halogens is 1. The lowest BCUT2D eigenvalue weighted by molar-refractivity contribution is -0.137. The molecule has 1 N–H and O–H groups in total. The Morgan fingerprint density at radius 3 is 2.52 bits per heavy atom. The number of piperazine rings is 1. The average Bonchev–Trinajstić information content (AvgIpc) is 3.18. The second-order valence-corrected chi connectivity index (χ2v) is 8.28. The van der Waals surface area contributed by atoms with Gasteiger partial charge in [-0.2, -0.15) is 0 Å². The summed E-state index contributed by atoms with van der Waals surface area (Å²) in [6.45, 7) is 3.50. The third-order valence-corrected chi connectivity index (χ3v) is 6.09. The molecule has 2 amide bonds. The molecule has 1 radical (unpaired) electrons. The molecule has 4 rings (SSSR count). The highest BCUT2D eigenvalue weighted by atomic mass is 35.5. The van der Waals surface area contributed by atoms with E-state index >= 15 is 0 Å². The lowest BCUT2D eigenvalue weighted by Crippen LogP contribution is -2.49. The first-order chi connectivity index (χ1) is 15.8. The molecule has 1 aliphatic rings. The van der Waals surface area contributed by atoms with Gasteiger partial charge in [-0.1, -0.05) is 29.8 Å². The van der Waals surface area contributed by atoms with Crippen molar-refractivity contribution in [2.24, 2.45) is 0 Å². The Kier molecular flexibility index (Phi) is 6.51. The van der Waals surface area contributed by atoms with Crippen molar-refractivity contribution < 1.29 is 19.5 Å². The molecule has 0 aliphatic carbocycles. The van der Waals surface area contributed by atoms with Gasteiger partial charge in [-0.3, -0.25) is 14.4 Å². The molecule has 1 fully saturated rings. The van der Waals surface area contributed by atoms with Gasteiger partial charge in [0.2, 0.25) is 11.8 Å². The lowest BCUT2D eigenvalue weighted by atomic mass is 9.98. The predicted molar refractivity (Wildman–Crippen MR) is 127 cm³/mol. The van der Waals surface area contributed by atoms with Crippen molar-refractivity contribution in [3.05, 3.63) is 65.3 Å². The fourth-order valence-electron chi connectivity index (χ4n) is 4.07.